The minimum absolute atomic E-state index is 0.0126. The van der Waals surface area contributed by atoms with E-state index in [9.17, 15) is 17.6 Å². The lowest BCUT2D eigenvalue weighted by atomic mass is 9.93. The van der Waals surface area contributed by atoms with Crippen molar-refractivity contribution in [1.82, 2.24) is 5.32 Å². The molecular formula is C11H10Cl2FNO3S. The van der Waals surface area contributed by atoms with Gasteiger partial charge in [-0.3, -0.25) is 4.79 Å². The van der Waals surface area contributed by atoms with Crippen LogP contribution >= 0.6 is 22.3 Å². The van der Waals surface area contributed by atoms with E-state index in [1.807, 2.05) is 0 Å². The molecule has 4 nitrogen and oxygen atoms in total. The van der Waals surface area contributed by atoms with Gasteiger partial charge in [0.2, 0.25) is 0 Å². The van der Waals surface area contributed by atoms with E-state index >= 15 is 0 Å². The standard InChI is InChI=1S/C11H10Cl2FNO3S/c12-8-5-9(14)7(4-10(8)19(13,17)18)11(16)15-6-2-1-3-6/h4-6H,1-3H2,(H,15,16). The van der Waals surface area contributed by atoms with Crippen molar-refractivity contribution in [3.63, 3.8) is 0 Å². The van der Waals surface area contributed by atoms with Gasteiger partial charge in [-0.25, -0.2) is 12.8 Å². The van der Waals surface area contributed by atoms with Crippen molar-refractivity contribution in [1.29, 1.82) is 0 Å². The van der Waals surface area contributed by atoms with Crippen LogP contribution in [0.25, 0.3) is 0 Å². The Kier molecular flexibility index (Phi) is 4.03. The summed E-state index contributed by atoms with van der Waals surface area (Å²) in [5.74, 6) is -1.55. The molecule has 1 aromatic rings. The van der Waals surface area contributed by atoms with Crippen LogP contribution in [-0.2, 0) is 9.05 Å². The molecule has 0 saturated heterocycles. The van der Waals surface area contributed by atoms with Gasteiger partial charge in [-0.15, -0.1) is 0 Å². The summed E-state index contributed by atoms with van der Waals surface area (Å²) in [5, 5.41) is 2.26. The minimum Gasteiger partial charge on any atom is -0.349 e. The number of carbonyl (C=O) groups is 1. The Morgan fingerprint density at radius 1 is 1.37 bits per heavy atom. The summed E-state index contributed by atoms with van der Waals surface area (Å²) in [5.41, 5.74) is -0.379. The summed E-state index contributed by atoms with van der Waals surface area (Å²) < 4.78 is 36.2. The number of rotatable bonds is 3. The number of hydrogen-bond donors (Lipinski definition) is 1. The highest BCUT2D eigenvalue weighted by atomic mass is 35.7. The molecule has 0 bridgehead atoms. The van der Waals surface area contributed by atoms with Crippen LogP contribution in [0, 0.1) is 5.82 Å². The maximum absolute atomic E-state index is 13.7. The Morgan fingerprint density at radius 2 is 2.00 bits per heavy atom. The van der Waals surface area contributed by atoms with Crippen LogP contribution in [0.15, 0.2) is 17.0 Å². The molecule has 1 N–H and O–H groups in total. The Balaban J connectivity index is 2.36. The quantitative estimate of drug-likeness (QED) is 0.869. The summed E-state index contributed by atoms with van der Waals surface area (Å²) in [4.78, 5) is 11.4. The van der Waals surface area contributed by atoms with Crippen molar-refractivity contribution >= 4 is 37.2 Å². The van der Waals surface area contributed by atoms with Crippen LogP contribution < -0.4 is 5.32 Å². The first-order valence-corrected chi connectivity index (χ1v) is 8.22. The third kappa shape index (κ3) is 3.19. The molecule has 1 aliphatic carbocycles. The second-order valence-electron chi connectivity index (χ2n) is 4.30. The Bertz CT molecular complexity index is 629. The van der Waals surface area contributed by atoms with E-state index in [1.165, 1.54) is 0 Å². The molecule has 1 amide bonds. The fourth-order valence-corrected chi connectivity index (χ4v) is 3.21. The lowest BCUT2D eigenvalue weighted by Crippen LogP contribution is -2.39. The second-order valence-corrected chi connectivity index (χ2v) is 7.24. The number of benzene rings is 1. The van der Waals surface area contributed by atoms with Gasteiger partial charge in [-0.1, -0.05) is 11.6 Å². The van der Waals surface area contributed by atoms with Gasteiger partial charge < -0.3 is 5.32 Å². The van der Waals surface area contributed by atoms with Crippen molar-refractivity contribution in [2.75, 3.05) is 0 Å². The summed E-state index contributed by atoms with van der Waals surface area (Å²) in [7, 11) is 1.04. The predicted octanol–water partition coefficient (Wildman–Crippen LogP) is 2.69. The lowest BCUT2D eigenvalue weighted by molar-refractivity contribution is 0.0912. The zero-order chi connectivity index (χ0) is 14.2. The molecule has 8 heteroatoms. The zero-order valence-corrected chi connectivity index (χ0v) is 11.9. The molecule has 0 heterocycles. The summed E-state index contributed by atoms with van der Waals surface area (Å²) >= 11 is 5.60. The normalized spacial score (nSPS) is 15.9. The molecule has 19 heavy (non-hydrogen) atoms. The Hall–Kier alpha value is -0.850. The predicted molar refractivity (Wildman–Crippen MR) is 69.6 cm³/mol. The van der Waals surface area contributed by atoms with Crippen LogP contribution in [0.2, 0.25) is 5.02 Å². The van der Waals surface area contributed by atoms with E-state index in [2.05, 4.69) is 5.32 Å². The monoisotopic (exact) mass is 325 g/mol. The summed E-state index contributed by atoms with van der Waals surface area (Å²) in [6.45, 7) is 0. The molecule has 1 aromatic carbocycles. The van der Waals surface area contributed by atoms with Gasteiger partial charge in [0, 0.05) is 16.7 Å². The van der Waals surface area contributed by atoms with Crippen molar-refractivity contribution in [3.8, 4) is 0 Å². The van der Waals surface area contributed by atoms with E-state index in [1.54, 1.807) is 0 Å². The highest BCUT2D eigenvalue weighted by Crippen LogP contribution is 2.28. The van der Waals surface area contributed by atoms with E-state index in [0.717, 1.165) is 31.4 Å². The summed E-state index contributed by atoms with van der Waals surface area (Å²) in [6.07, 6.45) is 2.68. The molecule has 0 radical (unpaired) electrons. The molecule has 1 saturated carbocycles. The fraction of sp³-hybridized carbons (Fsp3) is 0.364. The van der Waals surface area contributed by atoms with Gasteiger partial charge >= 0.3 is 0 Å². The van der Waals surface area contributed by atoms with Crippen LogP contribution in [0.5, 0.6) is 0 Å². The summed E-state index contributed by atoms with van der Waals surface area (Å²) in [6, 6.07) is 1.64. The van der Waals surface area contributed by atoms with E-state index in [-0.39, 0.29) is 16.6 Å². The first-order chi connectivity index (χ1) is 8.79. The molecule has 0 unspecified atom stereocenters. The van der Waals surface area contributed by atoms with Gasteiger partial charge in [-0.05, 0) is 31.4 Å². The molecule has 0 atom stereocenters. The van der Waals surface area contributed by atoms with Crippen molar-refractivity contribution < 1.29 is 17.6 Å². The molecule has 0 aliphatic heterocycles. The fourth-order valence-electron chi connectivity index (χ4n) is 1.71. The SMILES string of the molecule is O=C(NC1CCC1)c1cc(S(=O)(=O)Cl)c(Cl)cc1F. The smallest absolute Gasteiger partial charge is 0.262 e. The molecule has 0 spiro atoms. The average Bonchev–Trinajstić information content (AvgIpc) is 2.21. The highest BCUT2D eigenvalue weighted by molar-refractivity contribution is 8.13. The molecule has 1 aliphatic rings. The third-order valence-corrected chi connectivity index (χ3v) is 4.76. The maximum atomic E-state index is 13.7. The largest absolute Gasteiger partial charge is 0.349 e. The Morgan fingerprint density at radius 3 is 2.47 bits per heavy atom. The maximum Gasteiger partial charge on any atom is 0.262 e. The topological polar surface area (TPSA) is 63.2 Å². The zero-order valence-electron chi connectivity index (χ0n) is 9.62. The van der Waals surface area contributed by atoms with Gasteiger partial charge in [-0.2, -0.15) is 0 Å². The number of amides is 1. The van der Waals surface area contributed by atoms with Crippen LogP contribution in [0.3, 0.4) is 0 Å². The molecule has 104 valence electrons. The van der Waals surface area contributed by atoms with E-state index < -0.39 is 25.7 Å². The van der Waals surface area contributed by atoms with Gasteiger partial charge in [0.1, 0.15) is 10.7 Å². The Labute approximate surface area is 119 Å². The third-order valence-electron chi connectivity index (χ3n) is 2.97. The minimum atomic E-state index is -4.13. The van der Waals surface area contributed by atoms with Crippen molar-refractivity contribution in [3.05, 3.63) is 28.5 Å². The first kappa shape index (κ1) is 14.6. The van der Waals surface area contributed by atoms with Crippen molar-refractivity contribution in [2.24, 2.45) is 0 Å². The van der Waals surface area contributed by atoms with Crippen molar-refractivity contribution in [2.45, 2.75) is 30.2 Å². The molecule has 0 aromatic heterocycles. The molecule has 2 rings (SSSR count). The second kappa shape index (κ2) is 5.26. The average molecular weight is 326 g/mol. The molecular weight excluding hydrogens is 316 g/mol. The number of nitrogens with one attached hydrogen (secondary N) is 1. The number of hydrogen-bond acceptors (Lipinski definition) is 3. The first-order valence-electron chi connectivity index (χ1n) is 5.53. The van der Waals surface area contributed by atoms with E-state index in [0.29, 0.717) is 0 Å². The lowest BCUT2D eigenvalue weighted by Gasteiger charge is -2.26. The number of halogens is 3. The number of carbonyl (C=O) groups excluding carboxylic acids is 1. The van der Waals surface area contributed by atoms with Gasteiger partial charge in [0.25, 0.3) is 15.0 Å². The van der Waals surface area contributed by atoms with Crippen LogP contribution in [0.4, 0.5) is 4.39 Å². The molecule has 1 fully saturated rings. The van der Waals surface area contributed by atoms with Gasteiger partial charge in [0.05, 0.1) is 10.6 Å². The van der Waals surface area contributed by atoms with E-state index in [4.69, 9.17) is 22.3 Å². The highest BCUT2D eigenvalue weighted by Gasteiger charge is 2.25. The van der Waals surface area contributed by atoms with Crippen LogP contribution in [-0.4, -0.2) is 20.4 Å². The van der Waals surface area contributed by atoms with Gasteiger partial charge in [0.15, 0.2) is 0 Å². The van der Waals surface area contributed by atoms with Crippen LogP contribution in [0.1, 0.15) is 29.6 Å².